The molecule has 0 amide bonds. The lowest BCUT2D eigenvalue weighted by Gasteiger charge is -2.23. The Labute approximate surface area is 190 Å². The van der Waals surface area contributed by atoms with E-state index in [1.807, 2.05) is 6.07 Å². The number of ether oxygens (including phenoxy) is 1. The van der Waals surface area contributed by atoms with Gasteiger partial charge >= 0.3 is 0 Å². The zero-order valence-electron chi connectivity index (χ0n) is 18.8. The summed E-state index contributed by atoms with van der Waals surface area (Å²) in [7, 11) is 0. The van der Waals surface area contributed by atoms with E-state index in [1.54, 1.807) is 74.7 Å². The molecule has 1 N–H and O–H groups in total. The Balaban J connectivity index is 2.04. The number of para-hydroxylation sites is 1. The van der Waals surface area contributed by atoms with Crippen molar-refractivity contribution in [3.8, 4) is 23.3 Å². The highest BCUT2D eigenvalue weighted by Gasteiger charge is 2.21. The number of pyridine rings is 1. The van der Waals surface area contributed by atoms with E-state index >= 15 is 0 Å². The van der Waals surface area contributed by atoms with Gasteiger partial charge in [0.05, 0.1) is 16.8 Å². The predicted octanol–water partition coefficient (Wildman–Crippen LogP) is 5.64. The molecule has 0 fully saturated rings. The van der Waals surface area contributed by atoms with Gasteiger partial charge < -0.3 is 14.4 Å². The number of aliphatic hydroxyl groups is 1. The molecule has 3 aromatic carbocycles. The lowest BCUT2D eigenvalue weighted by Crippen LogP contribution is -2.17. The van der Waals surface area contributed by atoms with Crippen LogP contribution in [0.3, 0.4) is 0 Å². The second-order valence-corrected chi connectivity index (χ2v) is 8.58. The SMILES string of the molecule is Cc1cc(F)cc(C)c1Oc1ccc(C(C)(C)O)cc1-n1cc(C#N)c(=O)c2ccccc21. The Kier molecular flexibility index (Phi) is 5.52. The summed E-state index contributed by atoms with van der Waals surface area (Å²) in [6.45, 7) is 6.87. The second kappa shape index (κ2) is 8.19. The van der Waals surface area contributed by atoms with Crippen molar-refractivity contribution in [3.63, 3.8) is 0 Å². The number of aromatic nitrogens is 1. The Morgan fingerprint density at radius 1 is 1.06 bits per heavy atom. The topological polar surface area (TPSA) is 75.2 Å². The molecular weight excluding hydrogens is 419 g/mol. The third-order valence-corrected chi connectivity index (χ3v) is 5.59. The van der Waals surface area contributed by atoms with Gasteiger partial charge in [-0.1, -0.05) is 18.2 Å². The highest BCUT2D eigenvalue weighted by Crippen LogP contribution is 2.36. The van der Waals surface area contributed by atoms with E-state index in [0.717, 1.165) is 0 Å². The number of hydrogen-bond donors (Lipinski definition) is 1. The molecule has 33 heavy (non-hydrogen) atoms. The van der Waals surface area contributed by atoms with Crippen molar-refractivity contribution in [1.82, 2.24) is 4.57 Å². The zero-order valence-corrected chi connectivity index (χ0v) is 18.8. The molecule has 0 saturated heterocycles. The first-order valence-electron chi connectivity index (χ1n) is 10.5. The van der Waals surface area contributed by atoms with Crippen LogP contribution in [0.25, 0.3) is 16.6 Å². The number of aryl methyl sites for hydroxylation is 2. The monoisotopic (exact) mass is 442 g/mol. The van der Waals surface area contributed by atoms with Gasteiger partial charge in [0.15, 0.2) is 5.75 Å². The third kappa shape index (κ3) is 4.11. The molecule has 0 aliphatic heterocycles. The minimum absolute atomic E-state index is 0.0116. The molecule has 0 radical (unpaired) electrons. The summed E-state index contributed by atoms with van der Waals surface area (Å²) in [4.78, 5) is 12.7. The van der Waals surface area contributed by atoms with Crippen LogP contribution >= 0.6 is 0 Å². The van der Waals surface area contributed by atoms with Gasteiger partial charge in [-0.3, -0.25) is 4.79 Å². The third-order valence-electron chi connectivity index (χ3n) is 5.59. The van der Waals surface area contributed by atoms with E-state index in [1.165, 1.54) is 18.3 Å². The average molecular weight is 442 g/mol. The Morgan fingerprint density at radius 2 is 1.73 bits per heavy atom. The summed E-state index contributed by atoms with van der Waals surface area (Å²) in [5.41, 5.74) is 1.51. The minimum Gasteiger partial charge on any atom is -0.455 e. The normalized spacial score (nSPS) is 11.4. The van der Waals surface area contributed by atoms with Crippen LogP contribution in [0.15, 0.2) is 65.6 Å². The number of fused-ring (bicyclic) bond motifs is 1. The lowest BCUT2D eigenvalue weighted by atomic mass is 9.97. The van der Waals surface area contributed by atoms with Crippen molar-refractivity contribution in [2.45, 2.75) is 33.3 Å². The fourth-order valence-corrected chi connectivity index (χ4v) is 3.90. The summed E-state index contributed by atoms with van der Waals surface area (Å²) >= 11 is 0. The van der Waals surface area contributed by atoms with Gasteiger partial charge in [0.1, 0.15) is 23.2 Å². The Hall–Kier alpha value is -3.95. The smallest absolute Gasteiger partial charge is 0.207 e. The number of benzene rings is 3. The molecule has 0 saturated carbocycles. The average Bonchev–Trinajstić information content (AvgIpc) is 2.76. The van der Waals surface area contributed by atoms with E-state index in [0.29, 0.717) is 44.8 Å². The van der Waals surface area contributed by atoms with Crippen LogP contribution in [0.2, 0.25) is 0 Å². The molecular formula is C27H23FN2O3. The van der Waals surface area contributed by atoms with Gasteiger partial charge in [-0.2, -0.15) is 5.26 Å². The predicted molar refractivity (Wildman–Crippen MR) is 125 cm³/mol. The fourth-order valence-electron chi connectivity index (χ4n) is 3.90. The van der Waals surface area contributed by atoms with E-state index < -0.39 is 5.60 Å². The van der Waals surface area contributed by atoms with E-state index in [-0.39, 0.29) is 16.8 Å². The summed E-state index contributed by atoms with van der Waals surface area (Å²) in [5, 5.41) is 20.6. The van der Waals surface area contributed by atoms with Gasteiger partial charge in [-0.05, 0) is 80.8 Å². The maximum atomic E-state index is 13.8. The van der Waals surface area contributed by atoms with E-state index in [2.05, 4.69) is 0 Å². The standard InChI is InChI=1S/C27H23FN2O3/c1-16-11-20(28)12-17(2)26(16)33-24-10-9-19(27(3,4)32)13-23(24)30-15-18(14-29)25(31)21-7-5-6-8-22(21)30/h5-13,15,32H,1-4H3. The van der Waals surface area contributed by atoms with Gasteiger partial charge in [0.25, 0.3) is 0 Å². The molecule has 0 atom stereocenters. The van der Waals surface area contributed by atoms with E-state index in [9.17, 15) is 19.6 Å². The molecule has 0 aliphatic carbocycles. The second-order valence-electron chi connectivity index (χ2n) is 8.58. The number of hydrogen-bond acceptors (Lipinski definition) is 4. The lowest BCUT2D eigenvalue weighted by molar-refractivity contribution is 0.0785. The van der Waals surface area contributed by atoms with Crippen LogP contribution in [-0.4, -0.2) is 9.67 Å². The molecule has 0 unspecified atom stereocenters. The van der Waals surface area contributed by atoms with Crippen molar-refractivity contribution in [2.24, 2.45) is 0 Å². The molecule has 1 aromatic heterocycles. The van der Waals surface area contributed by atoms with Crippen LogP contribution < -0.4 is 10.2 Å². The molecule has 6 heteroatoms. The van der Waals surface area contributed by atoms with Crippen molar-refractivity contribution in [2.75, 3.05) is 0 Å². The van der Waals surface area contributed by atoms with Crippen LogP contribution in [0.4, 0.5) is 4.39 Å². The number of nitriles is 1. The van der Waals surface area contributed by atoms with Crippen LogP contribution in [0.5, 0.6) is 11.5 Å². The van der Waals surface area contributed by atoms with Crippen LogP contribution in [-0.2, 0) is 5.60 Å². The van der Waals surface area contributed by atoms with Crippen LogP contribution in [0, 0.1) is 31.0 Å². The first-order chi connectivity index (χ1) is 15.6. The highest BCUT2D eigenvalue weighted by atomic mass is 19.1. The maximum Gasteiger partial charge on any atom is 0.207 e. The quantitative estimate of drug-likeness (QED) is 0.444. The Morgan fingerprint density at radius 3 is 2.36 bits per heavy atom. The molecule has 0 aliphatic rings. The van der Waals surface area contributed by atoms with Gasteiger partial charge in [-0.15, -0.1) is 0 Å². The van der Waals surface area contributed by atoms with Crippen molar-refractivity contribution >= 4 is 10.9 Å². The summed E-state index contributed by atoms with van der Waals surface area (Å²) in [5.74, 6) is 0.595. The van der Waals surface area contributed by atoms with E-state index in [4.69, 9.17) is 4.74 Å². The summed E-state index contributed by atoms with van der Waals surface area (Å²) in [6, 6.07) is 17.0. The van der Waals surface area contributed by atoms with Crippen molar-refractivity contribution in [1.29, 1.82) is 5.26 Å². The molecule has 5 nitrogen and oxygen atoms in total. The zero-order chi connectivity index (χ0) is 23.9. The van der Waals surface area contributed by atoms with Crippen molar-refractivity contribution in [3.05, 3.63) is 99.1 Å². The molecule has 0 bridgehead atoms. The highest BCUT2D eigenvalue weighted by molar-refractivity contribution is 5.82. The van der Waals surface area contributed by atoms with Crippen LogP contribution in [0.1, 0.15) is 36.1 Å². The molecule has 4 rings (SSSR count). The minimum atomic E-state index is -1.14. The summed E-state index contributed by atoms with van der Waals surface area (Å²) in [6.07, 6.45) is 1.48. The largest absolute Gasteiger partial charge is 0.455 e. The molecule has 0 spiro atoms. The maximum absolute atomic E-state index is 13.8. The van der Waals surface area contributed by atoms with Gasteiger partial charge in [0, 0.05) is 11.6 Å². The first-order valence-corrected chi connectivity index (χ1v) is 10.5. The number of nitrogens with zero attached hydrogens (tertiary/aromatic N) is 2. The van der Waals surface area contributed by atoms with Gasteiger partial charge in [0.2, 0.25) is 5.43 Å². The van der Waals surface area contributed by atoms with Crippen molar-refractivity contribution < 1.29 is 14.2 Å². The number of rotatable bonds is 4. The van der Waals surface area contributed by atoms with Gasteiger partial charge in [-0.25, -0.2) is 4.39 Å². The Bertz CT molecular complexity index is 1470. The molecule has 4 aromatic rings. The number of halogens is 1. The summed E-state index contributed by atoms with van der Waals surface area (Å²) < 4.78 is 21.8. The molecule has 1 heterocycles. The fraction of sp³-hybridized carbons (Fsp3) is 0.185. The molecule has 166 valence electrons. The first kappa shape index (κ1) is 22.3.